The van der Waals surface area contributed by atoms with Crippen molar-refractivity contribution in [3.63, 3.8) is 0 Å². The van der Waals surface area contributed by atoms with Gasteiger partial charge in [-0.1, -0.05) is 23.2 Å². The van der Waals surface area contributed by atoms with Crippen LogP contribution < -0.4 is 10.1 Å². The summed E-state index contributed by atoms with van der Waals surface area (Å²) in [7, 11) is 0. The SMILES string of the molecule is N#Cc1nc(COc2ccc(Cl)cc2Cl)oc1NC[C@@H]1CCCO1. The molecule has 0 amide bonds. The van der Waals surface area contributed by atoms with Crippen molar-refractivity contribution in [3.8, 4) is 11.8 Å². The molecular weight excluding hydrogens is 353 g/mol. The van der Waals surface area contributed by atoms with E-state index in [1.54, 1.807) is 18.2 Å². The highest BCUT2D eigenvalue weighted by atomic mass is 35.5. The normalized spacial score (nSPS) is 16.8. The summed E-state index contributed by atoms with van der Waals surface area (Å²) < 4.78 is 16.6. The Morgan fingerprint density at radius 2 is 2.29 bits per heavy atom. The average molecular weight is 368 g/mol. The molecule has 1 aliphatic rings. The zero-order valence-electron chi connectivity index (χ0n) is 12.7. The van der Waals surface area contributed by atoms with Gasteiger partial charge in [-0.25, -0.2) is 0 Å². The van der Waals surface area contributed by atoms with E-state index in [0.717, 1.165) is 19.4 Å². The Morgan fingerprint density at radius 3 is 3.00 bits per heavy atom. The second-order valence-electron chi connectivity index (χ2n) is 5.28. The Hall–Kier alpha value is -1.94. The number of nitrogens with one attached hydrogen (secondary N) is 1. The van der Waals surface area contributed by atoms with E-state index in [1.165, 1.54) is 0 Å². The summed E-state index contributed by atoms with van der Waals surface area (Å²) in [5.74, 6) is 1.08. The number of nitrogens with zero attached hydrogens (tertiary/aromatic N) is 2. The van der Waals surface area contributed by atoms with Crippen molar-refractivity contribution >= 4 is 29.1 Å². The molecule has 0 radical (unpaired) electrons. The molecule has 2 heterocycles. The number of aromatic nitrogens is 1. The molecule has 6 nitrogen and oxygen atoms in total. The second kappa shape index (κ2) is 7.75. The Morgan fingerprint density at radius 1 is 1.42 bits per heavy atom. The average Bonchev–Trinajstić information content (AvgIpc) is 3.21. The molecule has 8 heteroatoms. The van der Waals surface area contributed by atoms with Crippen LogP contribution in [0, 0.1) is 11.3 Å². The van der Waals surface area contributed by atoms with E-state index in [1.807, 2.05) is 6.07 Å². The van der Waals surface area contributed by atoms with Gasteiger partial charge in [-0.3, -0.25) is 0 Å². The number of benzene rings is 1. The molecule has 1 aromatic heterocycles. The minimum absolute atomic E-state index is 0.0532. The van der Waals surface area contributed by atoms with Crippen molar-refractivity contribution in [3.05, 3.63) is 39.8 Å². The van der Waals surface area contributed by atoms with Crippen LogP contribution in [-0.2, 0) is 11.3 Å². The number of hydrogen-bond acceptors (Lipinski definition) is 6. The summed E-state index contributed by atoms with van der Waals surface area (Å²) in [5.41, 5.74) is 0.189. The molecule has 0 aliphatic carbocycles. The number of oxazole rings is 1. The summed E-state index contributed by atoms with van der Waals surface area (Å²) in [6.45, 7) is 1.40. The van der Waals surface area contributed by atoms with E-state index in [-0.39, 0.29) is 24.3 Å². The van der Waals surface area contributed by atoms with Crippen molar-refractivity contribution in [2.45, 2.75) is 25.6 Å². The lowest BCUT2D eigenvalue weighted by Gasteiger charge is -2.09. The number of hydrogen-bond donors (Lipinski definition) is 1. The predicted molar refractivity (Wildman–Crippen MR) is 89.5 cm³/mol. The number of anilines is 1. The molecule has 0 bridgehead atoms. The predicted octanol–water partition coefficient (Wildman–Crippen LogP) is 4.02. The first kappa shape index (κ1) is 16.9. The van der Waals surface area contributed by atoms with Crippen LogP contribution in [0.3, 0.4) is 0 Å². The van der Waals surface area contributed by atoms with Gasteiger partial charge in [0.2, 0.25) is 17.5 Å². The lowest BCUT2D eigenvalue weighted by molar-refractivity contribution is 0.120. The van der Waals surface area contributed by atoms with Gasteiger partial charge >= 0.3 is 0 Å². The van der Waals surface area contributed by atoms with Crippen molar-refractivity contribution in [1.82, 2.24) is 4.98 Å². The molecule has 0 spiro atoms. The van der Waals surface area contributed by atoms with Crippen LogP contribution in [0.5, 0.6) is 5.75 Å². The zero-order valence-corrected chi connectivity index (χ0v) is 14.2. The van der Waals surface area contributed by atoms with Crippen LogP contribution in [0.2, 0.25) is 10.0 Å². The molecule has 126 valence electrons. The maximum atomic E-state index is 9.16. The van der Waals surface area contributed by atoms with Gasteiger partial charge in [0.15, 0.2) is 6.61 Å². The number of ether oxygens (including phenoxy) is 2. The Labute approximate surface area is 149 Å². The van der Waals surface area contributed by atoms with E-state index in [9.17, 15) is 0 Å². The minimum Gasteiger partial charge on any atom is -0.482 e. The number of halogens is 2. The van der Waals surface area contributed by atoms with Crippen LogP contribution in [0.4, 0.5) is 5.88 Å². The smallest absolute Gasteiger partial charge is 0.236 e. The van der Waals surface area contributed by atoms with Gasteiger partial charge in [0.1, 0.15) is 11.8 Å². The van der Waals surface area contributed by atoms with E-state index in [2.05, 4.69) is 10.3 Å². The molecule has 24 heavy (non-hydrogen) atoms. The monoisotopic (exact) mass is 367 g/mol. The topological polar surface area (TPSA) is 80.3 Å². The molecule has 3 rings (SSSR count). The molecule has 1 aliphatic heterocycles. The molecule has 1 N–H and O–H groups in total. The third-order valence-corrected chi connectivity index (χ3v) is 4.07. The van der Waals surface area contributed by atoms with Crippen molar-refractivity contribution < 1.29 is 13.9 Å². The highest BCUT2D eigenvalue weighted by Crippen LogP contribution is 2.28. The number of nitriles is 1. The first-order valence-corrected chi connectivity index (χ1v) is 8.24. The lowest BCUT2D eigenvalue weighted by Crippen LogP contribution is -2.18. The molecule has 0 unspecified atom stereocenters. The van der Waals surface area contributed by atoms with Crippen LogP contribution >= 0.6 is 23.2 Å². The van der Waals surface area contributed by atoms with Crippen LogP contribution in [0.15, 0.2) is 22.6 Å². The van der Waals surface area contributed by atoms with E-state index < -0.39 is 0 Å². The Balaban J connectivity index is 1.62. The Bertz CT molecular complexity index is 752. The highest BCUT2D eigenvalue weighted by Gasteiger charge is 2.18. The molecule has 0 saturated carbocycles. The van der Waals surface area contributed by atoms with Crippen LogP contribution in [0.25, 0.3) is 0 Å². The summed E-state index contributed by atoms with van der Waals surface area (Å²) in [6.07, 6.45) is 2.18. The van der Waals surface area contributed by atoms with Gasteiger partial charge in [0.25, 0.3) is 0 Å². The first-order chi connectivity index (χ1) is 11.7. The second-order valence-corrected chi connectivity index (χ2v) is 6.12. The van der Waals surface area contributed by atoms with E-state index >= 15 is 0 Å². The third kappa shape index (κ3) is 4.12. The summed E-state index contributed by atoms with van der Waals surface area (Å²) >= 11 is 11.9. The maximum absolute atomic E-state index is 9.16. The minimum atomic E-state index is 0.0532. The molecular formula is C16H15Cl2N3O3. The van der Waals surface area contributed by atoms with Crippen molar-refractivity contribution in [2.75, 3.05) is 18.5 Å². The summed E-state index contributed by atoms with van der Waals surface area (Å²) in [4.78, 5) is 4.11. The van der Waals surface area contributed by atoms with Gasteiger partial charge in [0.05, 0.1) is 11.1 Å². The zero-order chi connectivity index (χ0) is 16.9. The fourth-order valence-corrected chi connectivity index (χ4v) is 2.83. The summed E-state index contributed by atoms with van der Waals surface area (Å²) in [6, 6.07) is 6.92. The standard InChI is InChI=1S/C16H15Cl2N3O3/c17-10-3-4-14(12(18)6-10)23-9-15-21-13(7-19)16(24-15)20-8-11-2-1-5-22-11/h3-4,6,11,20H,1-2,5,8-9H2/t11-/m0/s1. The van der Waals surface area contributed by atoms with E-state index in [4.69, 9.17) is 42.4 Å². The number of rotatable bonds is 6. The fourth-order valence-electron chi connectivity index (χ4n) is 2.37. The molecule has 1 aromatic carbocycles. The highest BCUT2D eigenvalue weighted by molar-refractivity contribution is 6.35. The fraction of sp³-hybridized carbons (Fsp3) is 0.375. The van der Waals surface area contributed by atoms with Gasteiger partial charge in [-0.05, 0) is 31.0 Å². The van der Waals surface area contributed by atoms with Gasteiger partial charge in [-0.15, -0.1) is 0 Å². The van der Waals surface area contributed by atoms with E-state index in [0.29, 0.717) is 28.2 Å². The van der Waals surface area contributed by atoms with Crippen LogP contribution in [-0.4, -0.2) is 24.2 Å². The van der Waals surface area contributed by atoms with Crippen molar-refractivity contribution in [1.29, 1.82) is 5.26 Å². The molecule has 1 saturated heterocycles. The molecule has 1 fully saturated rings. The largest absolute Gasteiger partial charge is 0.482 e. The quantitative estimate of drug-likeness (QED) is 0.830. The van der Waals surface area contributed by atoms with Gasteiger partial charge in [-0.2, -0.15) is 10.2 Å². The molecule has 1 atom stereocenters. The van der Waals surface area contributed by atoms with Gasteiger partial charge < -0.3 is 19.2 Å². The Kier molecular flexibility index (Phi) is 5.46. The maximum Gasteiger partial charge on any atom is 0.236 e. The summed E-state index contributed by atoms with van der Waals surface area (Å²) in [5, 5.41) is 13.1. The third-order valence-electron chi connectivity index (χ3n) is 3.54. The molecule has 2 aromatic rings. The lowest BCUT2D eigenvalue weighted by atomic mass is 10.2. The van der Waals surface area contributed by atoms with Gasteiger partial charge in [0, 0.05) is 18.2 Å². The van der Waals surface area contributed by atoms with Crippen molar-refractivity contribution in [2.24, 2.45) is 0 Å². The van der Waals surface area contributed by atoms with Crippen LogP contribution in [0.1, 0.15) is 24.4 Å². The first-order valence-electron chi connectivity index (χ1n) is 7.49.